The topological polar surface area (TPSA) is 156 Å². The lowest BCUT2D eigenvalue weighted by Gasteiger charge is -2.21. The number of thiazole rings is 1. The molecule has 0 spiro atoms. The van der Waals surface area contributed by atoms with E-state index in [4.69, 9.17) is 24.1 Å². The zero-order valence-electron chi connectivity index (χ0n) is 20.9. The number of nitrogens with zero attached hydrogens (tertiary/aromatic N) is 2. The van der Waals surface area contributed by atoms with Gasteiger partial charge in [0.05, 0.1) is 25.2 Å². The van der Waals surface area contributed by atoms with Crippen molar-refractivity contribution in [2.24, 2.45) is 0 Å². The summed E-state index contributed by atoms with van der Waals surface area (Å²) in [6, 6.07) is 11.6. The Morgan fingerprint density at radius 3 is 2.67 bits per heavy atom. The first-order valence-corrected chi connectivity index (χ1v) is 12.8. The van der Waals surface area contributed by atoms with Crippen molar-refractivity contribution in [2.45, 2.75) is 18.7 Å². The Hall–Kier alpha value is -4.65. The number of ether oxygens (including phenoxy) is 3. The number of fused-ring (bicyclic) bond motifs is 7. The highest BCUT2D eigenvalue weighted by Crippen LogP contribution is 2.29. The number of hydrogen-bond donors (Lipinski definition) is 3. The summed E-state index contributed by atoms with van der Waals surface area (Å²) < 4.78 is 17.2. The fraction of sp³-hybridized carbons (Fsp3) is 0.269. The van der Waals surface area contributed by atoms with Crippen LogP contribution >= 0.6 is 11.3 Å². The van der Waals surface area contributed by atoms with Crippen molar-refractivity contribution in [2.75, 3.05) is 26.8 Å². The van der Waals surface area contributed by atoms with Gasteiger partial charge in [-0.3, -0.25) is 19.2 Å². The Morgan fingerprint density at radius 2 is 1.97 bits per heavy atom. The number of rotatable bonds is 2. The zero-order chi connectivity index (χ0) is 27.8. The number of carbonyl (C=O) groups excluding carboxylic acids is 3. The van der Waals surface area contributed by atoms with Crippen molar-refractivity contribution >= 4 is 35.5 Å². The predicted octanol–water partition coefficient (Wildman–Crippen LogP) is 1.56. The van der Waals surface area contributed by atoms with Crippen LogP contribution in [0.5, 0.6) is 17.2 Å². The molecule has 1 aromatic heterocycles. The van der Waals surface area contributed by atoms with Gasteiger partial charge in [-0.2, -0.15) is 0 Å². The standard InChI is InChI=1S/C25H24N4O6S.CH2O2/c1-33-20-7-4-16-8-21(20)34-12-23(30)26-9-15-2-5-17(6-3-15)35-22-11-29(10-18(22)28-24(16)31)25(32)19-13-36-14-27-19;2-1-3/h2-8,13-14,18,22H,9-12H2,1H3,(H,26,30)(H,28,31);1H,(H,2,3)/t18-,22-;/m0./s1. The van der Waals surface area contributed by atoms with Crippen LogP contribution in [-0.2, 0) is 16.1 Å². The molecule has 3 aliphatic rings. The second kappa shape index (κ2) is 12.7. The van der Waals surface area contributed by atoms with Crippen molar-refractivity contribution in [3.63, 3.8) is 0 Å². The largest absolute Gasteiger partial charge is 0.493 e. The minimum atomic E-state index is -0.480. The molecule has 0 radical (unpaired) electrons. The van der Waals surface area contributed by atoms with Gasteiger partial charge in [0.2, 0.25) is 0 Å². The van der Waals surface area contributed by atoms with E-state index in [1.54, 1.807) is 40.1 Å². The number of hydrogen-bond acceptors (Lipinski definition) is 9. The first-order valence-electron chi connectivity index (χ1n) is 11.8. The quantitative estimate of drug-likeness (QED) is 0.400. The molecule has 2 atom stereocenters. The zero-order valence-corrected chi connectivity index (χ0v) is 21.7. The molecule has 3 amide bonds. The highest BCUT2D eigenvalue weighted by Gasteiger charge is 2.39. The third-order valence-corrected chi connectivity index (χ3v) is 6.59. The summed E-state index contributed by atoms with van der Waals surface area (Å²) in [5.74, 6) is 0.374. The molecule has 39 heavy (non-hydrogen) atoms. The Morgan fingerprint density at radius 1 is 1.21 bits per heavy atom. The van der Waals surface area contributed by atoms with Crippen molar-refractivity contribution in [1.29, 1.82) is 0 Å². The fourth-order valence-electron chi connectivity index (χ4n) is 4.12. The summed E-state index contributed by atoms with van der Waals surface area (Å²) in [5, 5.41) is 14.4. The molecule has 0 aliphatic carbocycles. The maximum Gasteiger partial charge on any atom is 0.290 e. The summed E-state index contributed by atoms with van der Waals surface area (Å²) in [5.41, 5.74) is 3.18. The van der Waals surface area contributed by atoms with Crippen molar-refractivity contribution < 1.29 is 38.5 Å². The van der Waals surface area contributed by atoms with E-state index in [0.717, 1.165) is 5.56 Å². The van der Waals surface area contributed by atoms with Gasteiger partial charge in [0.1, 0.15) is 17.5 Å². The lowest BCUT2D eigenvalue weighted by atomic mass is 10.1. The van der Waals surface area contributed by atoms with Gasteiger partial charge in [-0.1, -0.05) is 12.1 Å². The molecule has 3 aliphatic heterocycles. The molecule has 0 unspecified atom stereocenters. The molecular weight excluding hydrogens is 528 g/mol. The number of aromatic nitrogens is 1. The number of likely N-dealkylation sites (tertiary alicyclic amines) is 1. The number of carboxylic acid groups (broad SMARTS) is 1. The highest BCUT2D eigenvalue weighted by molar-refractivity contribution is 7.07. The average molecular weight is 555 g/mol. The van der Waals surface area contributed by atoms with Crippen LogP contribution < -0.4 is 24.8 Å². The molecule has 6 rings (SSSR count). The van der Waals surface area contributed by atoms with Crippen molar-refractivity contribution in [3.8, 4) is 17.2 Å². The Labute approximate surface area is 227 Å². The summed E-state index contributed by atoms with van der Waals surface area (Å²) in [6.45, 7) is 0.390. The van der Waals surface area contributed by atoms with E-state index >= 15 is 0 Å². The van der Waals surface area contributed by atoms with E-state index in [-0.39, 0.29) is 49.6 Å². The molecule has 1 fully saturated rings. The number of amides is 3. The van der Waals surface area contributed by atoms with Crippen molar-refractivity contribution in [1.82, 2.24) is 20.5 Å². The maximum atomic E-state index is 13.2. The minimum Gasteiger partial charge on any atom is -0.493 e. The second-order valence-corrected chi connectivity index (χ2v) is 9.22. The molecule has 12 nitrogen and oxygen atoms in total. The SMILES string of the molecule is COc1ccc2cc1OCC(=O)NCc1ccc(cc1)O[C@H]1CN(C(=O)c3cscn3)C[C@@H]1NC2=O.O=CO. The van der Waals surface area contributed by atoms with E-state index in [1.807, 2.05) is 12.1 Å². The lowest BCUT2D eigenvalue weighted by Crippen LogP contribution is -2.45. The fourth-order valence-corrected chi connectivity index (χ4v) is 4.64. The summed E-state index contributed by atoms with van der Waals surface area (Å²) in [4.78, 5) is 52.5. The van der Waals surface area contributed by atoms with E-state index < -0.39 is 12.1 Å². The molecule has 4 bridgehead atoms. The van der Waals surface area contributed by atoms with E-state index in [9.17, 15) is 14.4 Å². The highest BCUT2D eigenvalue weighted by atomic mass is 32.1. The van der Waals surface area contributed by atoms with E-state index in [0.29, 0.717) is 29.3 Å². The van der Waals surface area contributed by atoms with Crippen LogP contribution in [0.15, 0.2) is 53.4 Å². The monoisotopic (exact) mass is 554 g/mol. The third-order valence-electron chi connectivity index (χ3n) is 6.01. The predicted molar refractivity (Wildman–Crippen MR) is 139 cm³/mol. The van der Waals surface area contributed by atoms with Crippen LogP contribution in [0.1, 0.15) is 26.4 Å². The smallest absolute Gasteiger partial charge is 0.290 e. The third kappa shape index (κ3) is 6.82. The van der Waals surface area contributed by atoms with E-state index in [2.05, 4.69) is 15.6 Å². The molecular formula is C26H26N4O8S. The van der Waals surface area contributed by atoms with Gasteiger partial charge in [-0.05, 0) is 35.9 Å². The minimum absolute atomic E-state index is 0.213. The first-order chi connectivity index (χ1) is 18.9. The average Bonchev–Trinajstić information content (AvgIpc) is 3.62. The lowest BCUT2D eigenvalue weighted by molar-refractivity contribution is -0.123. The summed E-state index contributed by atoms with van der Waals surface area (Å²) in [6.07, 6.45) is -0.480. The van der Waals surface area contributed by atoms with Crippen molar-refractivity contribution in [3.05, 3.63) is 70.2 Å². The summed E-state index contributed by atoms with van der Waals surface area (Å²) in [7, 11) is 1.48. The molecule has 3 aromatic rings. The van der Waals surface area contributed by atoms with Crippen LogP contribution in [0.4, 0.5) is 0 Å². The molecule has 2 aromatic carbocycles. The Balaban J connectivity index is 0.00000112. The normalized spacial score (nSPS) is 18.6. The Bertz CT molecular complexity index is 1320. The van der Waals surface area contributed by atoms with Gasteiger partial charge in [-0.25, -0.2) is 4.98 Å². The van der Waals surface area contributed by atoms with Gasteiger partial charge in [0.15, 0.2) is 18.1 Å². The van der Waals surface area contributed by atoms with Gasteiger partial charge in [0, 0.05) is 24.0 Å². The van der Waals surface area contributed by atoms with Gasteiger partial charge in [-0.15, -0.1) is 11.3 Å². The van der Waals surface area contributed by atoms with Gasteiger partial charge < -0.3 is 34.9 Å². The van der Waals surface area contributed by atoms with E-state index in [1.165, 1.54) is 24.5 Å². The number of nitrogens with one attached hydrogen (secondary N) is 2. The summed E-state index contributed by atoms with van der Waals surface area (Å²) >= 11 is 1.35. The van der Waals surface area contributed by atoms with Crippen LogP contribution in [0.25, 0.3) is 0 Å². The molecule has 204 valence electrons. The molecule has 1 saturated heterocycles. The maximum absolute atomic E-state index is 13.2. The molecule has 3 N–H and O–H groups in total. The van der Waals surface area contributed by atoms with Crippen LogP contribution in [0.3, 0.4) is 0 Å². The molecule has 4 heterocycles. The van der Waals surface area contributed by atoms with Gasteiger partial charge in [0.25, 0.3) is 24.2 Å². The number of benzene rings is 2. The Kier molecular flexibility index (Phi) is 8.94. The first kappa shape index (κ1) is 27.4. The molecule has 13 heteroatoms. The van der Waals surface area contributed by atoms with Crippen LogP contribution in [-0.4, -0.2) is 78.1 Å². The van der Waals surface area contributed by atoms with Gasteiger partial charge >= 0.3 is 0 Å². The van der Waals surface area contributed by atoms with Crippen LogP contribution in [0.2, 0.25) is 0 Å². The van der Waals surface area contributed by atoms with Crippen LogP contribution in [0, 0.1) is 0 Å². The molecule has 0 saturated carbocycles. The number of methoxy groups -OCH3 is 1. The number of carbonyl (C=O) groups is 4. The second-order valence-electron chi connectivity index (χ2n) is 8.50.